The first-order valence-corrected chi connectivity index (χ1v) is 9.92. The summed E-state index contributed by atoms with van der Waals surface area (Å²) < 4.78 is 0. The van der Waals surface area contributed by atoms with Crippen molar-refractivity contribution in [2.75, 3.05) is 27.2 Å². The van der Waals surface area contributed by atoms with Gasteiger partial charge in [0.05, 0.1) is 12.2 Å². The first kappa shape index (κ1) is 23.1. The minimum Gasteiger partial charge on any atom is -0.356 e. The molecular formula is C18H32IN5OS. The van der Waals surface area contributed by atoms with E-state index in [1.165, 1.54) is 37.0 Å². The Morgan fingerprint density at radius 1 is 1.23 bits per heavy atom. The van der Waals surface area contributed by atoms with Crippen molar-refractivity contribution in [3.8, 4) is 0 Å². The average molecular weight is 493 g/mol. The van der Waals surface area contributed by atoms with Crippen LogP contribution in [0.5, 0.6) is 0 Å². The van der Waals surface area contributed by atoms with Gasteiger partial charge in [-0.25, -0.2) is 9.98 Å². The summed E-state index contributed by atoms with van der Waals surface area (Å²) >= 11 is 1.70. The largest absolute Gasteiger partial charge is 0.356 e. The van der Waals surface area contributed by atoms with Crippen LogP contribution < -0.4 is 10.6 Å². The lowest BCUT2D eigenvalue weighted by molar-refractivity contribution is -0.127. The summed E-state index contributed by atoms with van der Waals surface area (Å²) in [6.07, 6.45) is 6.56. The Labute approximate surface area is 178 Å². The number of carbonyl (C=O) groups is 1. The normalized spacial score (nSPS) is 15.3. The zero-order valence-electron chi connectivity index (χ0n) is 16.3. The van der Waals surface area contributed by atoms with Gasteiger partial charge in [-0.1, -0.05) is 19.3 Å². The molecule has 0 aliphatic heterocycles. The molecule has 0 spiro atoms. The van der Waals surface area contributed by atoms with E-state index in [9.17, 15) is 4.79 Å². The molecule has 1 aromatic rings. The quantitative estimate of drug-likeness (QED) is 0.363. The van der Waals surface area contributed by atoms with Crippen LogP contribution in [-0.2, 0) is 11.3 Å². The number of likely N-dealkylation sites (N-methyl/N-ethyl adjacent to an activating group) is 1. The number of rotatable bonds is 6. The van der Waals surface area contributed by atoms with Gasteiger partial charge in [0, 0.05) is 25.5 Å². The average Bonchev–Trinajstić information content (AvgIpc) is 2.92. The van der Waals surface area contributed by atoms with Gasteiger partial charge in [0.25, 0.3) is 0 Å². The second-order valence-corrected chi connectivity index (χ2v) is 8.23. The fraction of sp³-hybridized carbons (Fsp3) is 0.722. The van der Waals surface area contributed by atoms with E-state index in [0.717, 1.165) is 17.2 Å². The minimum absolute atomic E-state index is 0. The molecule has 1 aromatic heterocycles. The maximum atomic E-state index is 11.8. The molecule has 0 bridgehead atoms. The molecule has 0 aromatic carbocycles. The molecule has 6 nitrogen and oxygen atoms in total. The predicted molar refractivity (Wildman–Crippen MR) is 119 cm³/mol. The number of thiazole rings is 1. The van der Waals surface area contributed by atoms with Crippen molar-refractivity contribution in [3.63, 3.8) is 0 Å². The van der Waals surface area contributed by atoms with Crippen LogP contribution in [0.1, 0.15) is 47.7 Å². The summed E-state index contributed by atoms with van der Waals surface area (Å²) in [6.45, 7) is 5.82. The molecule has 148 valence electrons. The maximum absolute atomic E-state index is 11.8. The molecule has 1 amide bonds. The number of carbonyl (C=O) groups excluding carboxylic acids is 1. The second kappa shape index (κ2) is 11.7. The van der Waals surface area contributed by atoms with Gasteiger partial charge >= 0.3 is 0 Å². The first-order valence-electron chi connectivity index (χ1n) is 9.11. The van der Waals surface area contributed by atoms with Gasteiger partial charge in [-0.05, 0) is 32.6 Å². The predicted octanol–water partition coefficient (Wildman–Crippen LogP) is 3.08. The number of nitrogens with one attached hydrogen (secondary N) is 2. The fourth-order valence-electron chi connectivity index (χ4n) is 2.87. The van der Waals surface area contributed by atoms with Crippen LogP contribution >= 0.6 is 35.3 Å². The van der Waals surface area contributed by atoms with Crippen molar-refractivity contribution in [2.24, 2.45) is 10.9 Å². The zero-order valence-corrected chi connectivity index (χ0v) is 19.4. The minimum atomic E-state index is -0.000274. The van der Waals surface area contributed by atoms with Gasteiger partial charge in [-0.2, -0.15) is 0 Å². The Balaban J connectivity index is 0.00000338. The van der Waals surface area contributed by atoms with E-state index in [-0.39, 0.29) is 36.4 Å². The molecule has 8 heteroatoms. The highest BCUT2D eigenvalue weighted by Gasteiger charge is 2.14. The highest BCUT2D eigenvalue weighted by atomic mass is 127. The number of amides is 1. The molecule has 2 N–H and O–H groups in total. The van der Waals surface area contributed by atoms with Crippen LogP contribution in [0.4, 0.5) is 0 Å². The standard InChI is InChI=1S/C18H31N5OS.HI/c1-13-14(2)25-16(22-13)11-20-18(21-12-17(24)23(3)4)19-10-15-8-6-5-7-9-15;/h15H,5-12H2,1-4H3,(H2,19,20,21);1H. The number of nitrogens with zero attached hydrogens (tertiary/aromatic N) is 3. The number of aromatic nitrogens is 1. The Morgan fingerprint density at radius 3 is 2.50 bits per heavy atom. The summed E-state index contributed by atoms with van der Waals surface area (Å²) in [5, 5.41) is 7.79. The molecule has 1 fully saturated rings. The SMILES string of the molecule is Cc1nc(CNC(=NCC(=O)N(C)C)NCC2CCCCC2)sc1C.I. The van der Waals surface area contributed by atoms with Crippen LogP contribution in [0.25, 0.3) is 0 Å². The van der Waals surface area contributed by atoms with Gasteiger partial charge in [-0.3, -0.25) is 4.79 Å². The highest BCUT2D eigenvalue weighted by Crippen LogP contribution is 2.22. The van der Waals surface area contributed by atoms with Crippen molar-refractivity contribution >= 4 is 47.2 Å². The summed E-state index contributed by atoms with van der Waals surface area (Å²) in [5.74, 6) is 1.40. The van der Waals surface area contributed by atoms with Gasteiger partial charge in [-0.15, -0.1) is 35.3 Å². The molecule has 2 rings (SSSR count). The molecule has 0 saturated heterocycles. The lowest BCUT2D eigenvalue weighted by Crippen LogP contribution is -2.40. The number of aryl methyl sites for hydroxylation is 2. The number of halogens is 1. The third kappa shape index (κ3) is 7.77. The molecule has 26 heavy (non-hydrogen) atoms. The van der Waals surface area contributed by atoms with Gasteiger partial charge in [0.15, 0.2) is 5.96 Å². The third-order valence-corrected chi connectivity index (χ3v) is 5.71. The van der Waals surface area contributed by atoms with Crippen molar-refractivity contribution in [1.82, 2.24) is 20.5 Å². The number of guanidine groups is 1. The Bertz CT molecular complexity index is 577. The van der Waals surface area contributed by atoms with E-state index in [4.69, 9.17) is 0 Å². The smallest absolute Gasteiger partial charge is 0.243 e. The first-order chi connectivity index (χ1) is 12.0. The monoisotopic (exact) mass is 493 g/mol. The molecule has 1 heterocycles. The zero-order chi connectivity index (χ0) is 18.2. The lowest BCUT2D eigenvalue weighted by atomic mass is 9.89. The van der Waals surface area contributed by atoms with Crippen LogP contribution in [0.3, 0.4) is 0 Å². The van der Waals surface area contributed by atoms with Gasteiger partial charge < -0.3 is 15.5 Å². The molecule has 1 saturated carbocycles. The van der Waals surface area contributed by atoms with Crippen molar-refractivity contribution in [3.05, 3.63) is 15.6 Å². The summed E-state index contributed by atoms with van der Waals surface area (Å²) in [7, 11) is 3.50. The molecule has 1 aliphatic rings. The van der Waals surface area contributed by atoms with Crippen molar-refractivity contribution in [1.29, 1.82) is 0 Å². The van der Waals surface area contributed by atoms with Crippen molar-refractivity contribution in [2.45, 2.75) is 52.5 Å². The van der Waals surface area contributed by atoms with E-state index in [2.05, 4.69) is 27.5 Å². The topological polar surface area (TPSA) is 69.6 Å². The number of hydrogen-bond donors (Lipinski definition) is 2. The third-order valence-electron chi connectivity index (χ3n) is 4.63. The Kier molecular flexibility index (Phi) is 10.4. The van der Waals surface area contributed by atoms with E-state index >= 15 is 0 Å². The van der Waals surface area contributed by atoms with E-state index < -0.39 is 0 Å². The molecule has 1 aliphatic carbocycles. The van der Waals surface area contributed by atoms with Crippen LogP contribution in [0.2, 0.25) is 0 Å². The van der Waals surface area contributed by atoms with E-state index in [0.29, 0.717) is 18.4 Å². The van der Waals surface area contributed by atoms with Crippen LogP contribution in [0.15, 0.2) is 4.99 Å². The number of hydrogen-bond acceptors (Lipinski definition) is 4. The fourth-order valence-corrected chi connectivity index (χ4v) is 3.74. The second-order valence-electron chi connectivity index (χ2n) is 6.94. The highest BCUT2D eigenvalue weighted by molar-refractivity contribution is 14.0. The number of aliphatic imine (C=N–C) groups is 1. The lowest BCUT2D eigenvalue weighted by Gasteiger charge is -2.23. The van der Waals surface area contributed by atoms with Crippen LogP contribution in [-0.4, -0.2) is 48.9 Å². The molecule has 0 unspecified atom stereocenters. The van der Waals surface area contributed by atoms with E-state index in [1.807, 2.05) is 6.92 Å². The molecular weight excluding hydrogens is 461 g/mol. The summed E-state index contributed by atoms with van der Waals surface area (Å²) in [6, 6.07) is 0. The Hall–Kier alpha value is -0.900. The van der Waals surface area contributed by atoms with Gasteiger partial charge in [0.1, 0.15) is 11.6 Å². The summed E-state index contributed by atoms with van der Waals surface area (Å²) in [5.41, 5.74) is 1.08. The summed E-state index contributed by atoms with van der Waals surface area (Å²) in [4.78, 5) is 23.6. The van der Waals surface area contributed by atoms with E-state index in [1.54, 1.807) is 30.3 Å². The molecule has 0 radical (unpaired) electrons. The van der Waals surface area contributed by atoms with Crippen LogP contribution in [0, 0.1) is 19.8 Å². The van der Waals surface area contributed by atoms with Crippen molar-refractivity contribution < 1.29 is 4.79 Å². The maximum Gasteiger partial charge on any atom is 0.243 e. The molecule has 0 atom stereocenters. The van der Waals surface area contributed by atoms with Gasteiger partial charge in [0.2, 0.25) is 5.91 Å². The Morgan fingerprint density at radius 2 is 1.92 bits per heavy atom.